The van der Waals surface area contributed by atoms with Crippen molar-refractivity contribution >= 4 is 11.6 Å². The molecule has 0 radical (unpaired) electrons. The minimum Gasteiger partial charge on any atom is -0.507 e. The number of piperazine rings is 1. The first kappa shape index (κ1) is 15.2. The minimum atomic E-state index is -0.122. The molecule has 0 aliphatic carbocycles. The maximum absolute atomic E-state index is 12.5. The summed E-state index contributed by atoms with van der Waals surface area (Å²) in [7, 11) is 1.66. The number of phenols is 1. The number of methoxy groups -OCH3 is 1. The number of phenolic OH excluding ortho intramolecular Hbond substituents is 1. The van der Waals surface area contributed by atoms with E-state index in [1.165, 1.54) is 6.07 Å². The van der Waals surface area contributed by atoms with Gasteiger partial charge in [-0.1, -0.05) is 24.3 Å². The summed E-state index contributed by atoms with van der Waals surface area (Å²) in [4.78, 5) is 16.5. The van der Waals surface area contributed by atoms with Gasteiger partial charge in [-0.15, -0.1) is 0 Å². The molecule has 1 saturated heterocycles. The highest BCUT2D eigenvalue weighted by Gasteiger charge is 2.24. The average molecular weight is 312 g/mol. The fourth-order valence-electron chi connectivity index (χ4n) is 2.87. The van der Waals surface area contributed by atoms with Gasteiger partial charge < -0.3 is 19.6 Å². The van der Waals surface area contributed by atoms with E-state index < -0.39 is 0 Å². The highest BCUT2D eigenvalue weighted by molar-refractivity contribution is 5.96. The molecule has 2 aromatic carbocycles. The van der Waals surface area contributed by atoms with Crippen molar-refractivity contribution in [2.24, 2.45) is 0 Å². The van der Waals surface area contributed by atoms with E-state index in [4.69, 9.17) is 4.74 Å². The van der Waals surface area contributed by atoms with Crippen molar-refractivity contribution in [2.75, 3.05) is 38.2 Å². The van der Waals surface area contributed by atoms with E-state index in [0.29, 0.717) is 18.7 Å². The molecule has 120 valence electrons. The van der Waals surface area contributed by atoms with Crippen molar-refractivity contribution in [3.05, 3.63) is 54.1 Å². The lowest BCUT2D eigenvalue weighted by atomic mass is 10.1. The van der Waals surface area contributed by atoms with Gasteiger partial charge in [-0.2, -0.15) is 0 Å². The van der Waals surface area contributed by atoms with Crippen molar-refractivity contribution < 1.29 is 14.6 Å². The number of carbonyl (C=O) groups excluding carboxylic acids is 1. The summed E-state index contributed by atoms with van der Waals surface area (Å²) in [5.74, 6) is 0.750. The smallest absolute Gasteiger partial charge is 0.257 e. The number of aromatic hydroxyl groups is 1. The van der Waals surface area contributed by atoms with Crippen LogP contribution in [-0.2, 0) is 0 Å². The summed E-state index contributed by atoms with van der Waals surface area (Å²) < 4.78 is 5.40. The van der Waals surface area contributed by atoms with Gasteiger partial charge in [0, 0.05) is 26.2 Å². The van der Waals surface area contributed by atoms with Crippen molar-refractivity contribution in [3.63, 3.8) is 0 Å². The predicted octanol–water partition coefficient (Wildman–Crippen LogP) is 2.36. The van der Waals surface area contributed by atoms with Gasteiger partial charge in [0.1, 0.15) is 11.5 Å². The lowest BCUT2D eigenvalue weighted by Crippen LogP contribution is -2.48. The third-order valence-electron chi connectivity index (χ3n) is 4.13. The predicted molar refractivity (Wildman–Crippen MR) is 89.2 cm³/mol. The Bertz CT molecular complexity index is 694. The molecule has 1 amide bonds. The Labute approximate surface area is 135 Å². The summed E-state index contributed by atoms with van der Waals surface area (Å²) in [6, 6.07) is 14.6. The number of ether oxygens (including phenoxy) is 1. The van der Waals surface area contributed by atoms with E-state index >= 15 is 0 Å². The number of para-hydroxylation sites is 3. The van der Waals surface area contributed by atoms with Gasteiger partial charge in [-0.25, -0.2) is 0 Å². The van der Waals surface area contributed by atoms with E-state index in [2.05, 4.69) is 4.90 Å². The zero-order chi connectivity index (χ0) is 16.2. The van der Waals surface area contributed by atoms with Gasteiger partial charge in [0.15, 0.2) is 0 Å². The van der Waals surface area contributed by atoms with Crippen molar-refractivity contribution in [1.82, 2.24) is 4.90 Å². The molecular weight excluding hydrogens is 292 g/mol. The summed E-state index contributed by atoms with van der Waals surface area (Å²) >= 11 is 0. The number of rotatable bonds is 3. The fraction of sp³-hybridized carbons (Fsp3) is 0.278. The molecule has 1 aliphatic heterocycles. The largest absolute Gasteiger partial charge is 0.507 e. The first-order valence-electron chi connectivity index (χ1n) is 7.66. The van der Waals surface area contributed by atoms with Gasteiger partial charge >= 0.3 is 0 Å². The molecule has 1 aliphatic rings. The maximum Gasteiger partial charge on any atom is 0.257 e. The molecule has 1 fully saturated rings. The van der Waals surface area contributed by atoms with Gasteiger partial charge in [-0.3, -0.25) is 4.79 Å². The molecule has 5 nitrogen and oxygen atoms in total. The van der Waals surface area contributed by atoms with Crippen LogP contribution in [0.25, 0.3) is 0 Å². The molecule has 0 unspecified atom stereocenters. The van der Waals surface area contributed by atoms with Crippen LogP contribution in [0, 0.1) is 0 Å². The maximum atomic E-state index is 12.5. The zero-order valence-corrected chi connectivity index (χ0v) is 13.1. The van der Waals surface area contributed by atoms with Crippen molar-refractivity contribution in [1.29, 1.82) is 0 Å². The van der Waals surface area contributed by atoms with Gasteiger partial charge in [-0.05, 0) is 24.3 Å². The molecule has 0 bridgehead atoms. The van der Waals surface area contributed by atoms with Crippen LogP contribution in [0.4, 0.5) is 5.69 Å². The molecule has 5 heteroatoms. The normalized spacial score (nSPS) is 14.7. The fourth-order valence-corrected chi connectivity index (χ4v) is 2.87. The van der Waals surface area contributed by atoms with E-state index in [1.54, 1.807) is 30.2 Å². The monoisotopic (exact) mass is 312 g/mol. The van der Waals surface area contributed by atoms with Crippen LogP contribution >= 0.6 is 0 Å². The van der Waals surface area contributed by atoms with Crippen molar-refractivity contribution in [3.8, 4) is 11.5 Å². The Hall–Kier alpha value is -2.69. The molecule has 23 heavy (non-hydrogen) atoms. The number of anilines is 1. The van der Waals surface area contributed by atoms with Crippen LogP contribution in [0.1, 0.15) is 10.4 Å². The Kier molecular flexibility index (Phi) is 4.37. The second kappa shape index (κ2) is 6.60. The number of hydrogen-bond acceptors (Lipinski definition) is 4. The van der Waals surface area contributed by atoms with Crippen LogP contribution in [0.5, 0.6) is 11.5 Å². The third-order valence-corrected chi connectivity index (χ3v) is 4.13. The van der Waals surface area contributed by atoms with Crippen LogP contribution in [0.3, 0.4) is 0 Å². The average Bonchev–Trinajstić information content (AvgIpc) is 2.61. The van der Waals surface area contributed by atoms with Crippen LogP contribution < -0.4 is 9.64 Å². The van der Waals surface area contributed by atoms with Gasteiger partial charge in [0.2, 0.25) is 0 Å². The molecule has 1 N–H and O–H groups in total. The molecule has 3 rings (SSSR count). The lowest BCUT2D eigenvalue weighted by Gasteiger charge is -2.36. The second-order valence-corrected chi connectivity index (χ2v) is 5.47. The number of hydrogen-bond donors (Lipinski definition) is 1. The van der Waals surface area contributed by atoms with Crippen LogP contribution in [0.2, 0.25) is 0 Å². The minimum absolute atomic E-state index is 0.0321. The van der Waals surface area contributed by atoms with Gasteiger partial charge in [0.05, 0.1) is 18.4 Å². The Balaban J connectivity index is 1.69. The molecule has 2 aromatic rings. The quantitative estimate of drug-likeness (QED) is 0.945. The standard InChI is InChI=1S/C18H20N2O3/c1-23-17-9-5-3-7-15(17)19-10-12-20(13-11-19)18(22)14-6-2-4-8-16(14)21/h2-9,21H,10-13H2,1H3. The molecule has 1 heterocycles. The van der Waals surface area contributed by atoms with Crippen LogP contribution in [-0.4, -0.2) is 49.2 Å². The molecular formula is C18H20N2O3. The molecule has 0 saturated carbocycles. The summed E-state index contributed by atoms with van der Waals surface area (Å²) in [5.41, 5.74) is 1.41. The zero-order valence-electron chi connectivity index (χ0n) is 13.1. The Morgan fingerprint density at radius 1 is 1.00 bits per heavy atom. The molecule has 0 atom stereocenters. The number of benzene rings is 2. The summed E-state index contributed by atoms with van der Waals surface area (Å²) in [6.07, 6.45) is 0. The number of carbonyl (C=O) groups is 1. The van der Waals surface area contributed by atoms with E-state index in [9.17, 15) is 9.90 Å². The SMILES string of the molecule is COc1ccccc1N1CCN(C(=O)c2ccccc2O)CC1. The summed E-state index contributed by atoms with van der Waals surface area (Å²) in [6.45, 7) is 2.70. The summed E-state index contributed by atoms with van der Waals surface area (Å²) in [5, 5.41) is 9.84. The van der Waals surface area contributed by atoms with E-state index in [1.807, 2.05) is 24.3 Å². The third kappa shape index (κ3) is 3.08. The molecule has 0 aromatic heterocycles. The Morgan fingerprint density at radius 2 is 1.65 bits per heavy atom. The van der Waals surface area contributed by atoms with E-state index in [-0.39, 0.29) is 11.7 Å². The topological polar surface area (TPSA) is 53.0 Å². The highest BCUT2D eigenvalue weighted by Crippen LogP contribution is 2.28. The lowest BCUT2D eigenvalue weighted by molar-refractivity contribution is 0.0743. The molecule has 0 spiro atoms. The Morgan fingerprint density at radius 3 is 2.35 bits per heavy atom. The van der Waals surface area contributed by atoms with Crippen LogP contribution in [0.15, 0.2) is 48.5 Å². The number of amides is 1. The first-order valence-corrected chi connectivity index (χ1v) is 7.66. The van der Waals surface area contributed by atoms with Crippen molar-refractivity contribution in [2.45, 2.75) is 0 Å². The highest BCUT2D eigenvalue weighted by atomic mass is 16.5. The first-order chi connectivity index (χ1) is 11.2. The second-order valence-electron chi connectivity index (χ2n) is 5.47. The van der Waals surface area contributed by atoms with E-state index in [0.717, 1.165) is 24.5 Å². The number of nitrogens with zero attached hydrogens (tertiary/aromatic N) is 2. The van der Waals surface area contributed by atoms with Gasteiger partial charge in [0.25, 0.3) is 5.91 Å².